The van der Waals surface area contributed by atoms with Crippen LogP contribution in [0.1, 0.15) is 206 Å². The van der Waals surface area contributed by atoms with Gasteiger partial charge in [0.15, 0.2) is 0 Å². The van der Waals surface area contributed by atoms with Crippen LogP contribution < -0.4 is 52.0 Å². The number of carboxylic acid groups (broad SMARTS) is 2. The van der Waals surface area contributed by atoms with Gasteiger partial charge in [0.1, 0.15) is 52.9 Å². The van der Waals surface area contributed by atoms with E-state index in [1.807, 2.05) is 25.1 Å². The van der Waals surface area contributed by atoms with Crippen molar-refractivity contribution in [1.29, 1.82) is 0 Å². The molecule has 2 aliphatic rings. The molecule has 0 aliphatic carbocycles. The summed E-state index contributed by atoms with van der Waals surface area (Å²) in [7, 11) is 7.26. The van der Waals surface area contributed by atoms with Crippen LogP contribution in [-0.4, -0.2) is 221 Å². The predicted octanol–water partition coefficient (Wildman–Crippen LogP) is 12.8. The Hall–Kier alpha value is -7.97. The number of hydrogen-bond donors (Lipinski definition) is 6. The fraction of sp³-hybridized carbons (Fsp3) is 0.440. The molecule has 0 saturated carbocycles. The van der Waals surface area contributed by atoms with Gasteiger partial charge in [0.05, 0.1) is 51.3 Å². The third-order valence-corrected chi connectivity index (χ3v) is 15.9. The number of aryl methyl sites for hydroxylation is 6. The molecule has 2 fully saturated rings. The minimum Gasteiger partial charge on any atom is -1.00 e. The third-order valence-electron chi connectivity index (χ3n) is 15.8. The summed E-state index contributed by atoms with van der Waals surface area (Å²) in [6, 6.07) is 41.3. The number of ketones is 2. The molecule has 2 saturated heterocycles. The predicted molar refractivity (Wildman–Crippen MR) is 517 cm³/mol. The van der Waals surface area contributed by atoms with Crippen molar-refractivity contribution in [3.8, 4) is 0 Å². The first-order chi connectivity index (χ1) is 62.2. The number of nitrogens with zero attached hydrogens (tertiary/aromatic N) is 1. The van der Waals surface area contributed by atoms with E-state index in [9.17, 15) is 78.7 Å². The number of esters is 4. The van der Waals surface area contributed by atoms with Crippen molar-refractivity contribution in [3.05, 3.63) is 270 Å². The van der Waals surface area contributed by atoms with Crippen molar-refractivity contribution in [2.45, 2.75) is 211 Å². The first kappa shape index (κ1) is 155. The van der Waals surface area contributed by atoms with Crippen LogP contribution in [0.2, 0.25) is 0 Å². The van der Waals surface area contributed by atoms with E-state index in [1.54, 1.807) is 124 Å². The molecule has 138 heavy (non-hydrogen) atoms. The van der Waals surface area contributed by atoms with E-state index >= 15 is 0 Å². The number of aliphatic hydroxyl groups is 3. The summed E-state index contributed by atoms with van der Waals surface area (Å²) in [4.78, 5) is 116. The van der Waals surface area contributed by atoms with E-state index in [0.29, 0.717) is 82.2 Å². The normalized spacial score (nSPS) is 10.8. The van der Waals surface area contributed by atoms with Crippen LogP contribution in [0.5, 0.6) is 0 Å². The number of aliphatic carboxylic acids is 2. The number of carboxylic acids is 2. The molecule has 2 heterocycles. The molecular weight excluding hydrogens is 2010 g/mol. The largest absolute Gasteiger partial charge is 2.00 e. The van der Waals surface area contributed by atoms with Crippen molar-refractivity contribution < 1.29 is 212 Å². The molecule has 773 valence electrons. The van der Waals surface area contributed by atoms with Crippen LogP contribution >= 0.6 is 11.6 Å². The standard InChI is InChI=1S/C16H19FO5.C12H15FO2.C11H14FNO2.C10H13FO.C10H11FO.C9H9FO2.C9H7FO2.C5H7ClO3.2C4H8O.C2H7NO.C2H6O.C2H6.CH4O.CH4.2CH3.B.BrH.Mg.Na.Pd.H/c1-4-21-16(20)15(19)13-8-7-12(9-14(13)17)6-5-10(2)22-11(3)18;1-9(15-10(2)14)6-7-11-4-3-5-12(13)8-11;1-13(15-2)11(14)7-6-9-4-3-5-10(12)8-9;2*1-8(12)5-6-9-3-2-4-10(11)7-9;2*10-8-3-1-2-7(6-8)4-5-9(11)12;1-2-9-5(8)3-4(6)7;2*1-2-4-5-3-1;1-3-4-2;1-2-3;2*1-2;;;;;;;;;/h7-10H,4-6H2,1-3H3;3-5,8-9H,6-7H2,1-2H3;3-5,8H,6-7H2,1-2H3;2-4,7-8,12H,5-6H2,1H3;2-4,7H,5-6H2,1H3;1-3,6H,4-5H2,(H,11,12);1-6H,(H,11,12);2-3H2,1H3;2*1-4H2;3H,1-2H3;3H,2H2,1H3;1-2H3;2H,1H3;1H4;2*1H3;;1H;;;;/q;;;;;;;;;;;;;;;2*-1;;;+2;+1;;-1/p-1/b;;;;;;5-4+;;;;;;;;;;;;;;;;/i;;;;;;;;;;;;1D;;;;;;;;;;. The molecule has 0 bridgehead atoms. The number of hydrogen-bond acceptors (Lipinski definition) is 22. The molecular formula is C100H145BBrClF7MgN2NaO23Pd-. The summed E-state index contributed by atoms with van der Waals surface area (Å²) in [5.74, 6) is -7.59. The maximum Gasteiger partial charge on any atom is 2.00 e. The van der Waals surface area contributed by atoms with Gasteiger partial charge in [-0.2, -0.15) is 0 Å². The zero-order chi connectivity index (χ0) is 100. The van der Waals surface area contributed by atoms with Gasteiger partial charge in [-0.3, -0.25) is 38.4 Å². The number of ether oxygens (including phenoxy) is 6. The van der Waals surface area contributed by atoms with Gasteiger partial charge in [-0.15, -0.1) is 0 Å². The Labute approximate surface area is 886 Å². The minimum atomic E-state index is -1.07. The van der Waals surface area contributed by atoms with Gasteiger partial charge in [0, 0.05) is 124 Å². The second-order valence-corrected chi connectivity index (χ2v) is 27.3. The molecule has 0 spiro atoms. The first-order valence-corrected chi connectivity index (χ1v) is 42.0. The van der Waals surface area contributed by atoms with Crippen molar-refractivity contribution in [2.24, 2.45) is 0 Å². The maximum atomic E-state index is 13.9. The van der Waals surface area contributed by atoms with E-state index in [4.69, 9.17) is 62.3 Å². The summed E-state index contributed by atoms with van der Waals surface area (Å²) < 4.78 is 125. The molecule has 1 amide bonds. The molecule has 0 aromatic heterocycles. The number of amides is 1. The van der Waals surface area contributed by atoms with Crippen molar-refractivity contribution >= 4 is 108 Å². The Bertz CT molecular complexity index is 4240. The van der Waals surface area contributed by atoms with Crippen molar-refractivity contribution in [3.63, 3.8) is 0 Å². The van der Waals surface area contributed by atoms with Gasteiger partial charge in [-0.25, -0.2) is 50.9 Å². The topological polar surface area (TPSA) is 361 Å². The van der Waals surface area contributed by atoms with Crippen LogP contribution in [0, 0.1) is 55.6 Å². The van der Waals surface area contributed by atoms with Gasteiger partial charge in [0.2, 0.25) is 11.1 Å². The molecule has 25 nitrogen and oxygen atoms in total. The summed E-state index contributed by atoms with van der Waals surface area (Å²) >= 11 is 4.87. The number of hydroxylamine groups is 3. The quantitative estimate of drug-likeness (QED) is 0.00208. The number of carbonyl (C=O) groups is 10. The van der Waals surface area contributed by atoms with Gasteiger partial charge < -0.3 is 96.8 Å². The first-order valence-electron chi connectivity index (χ1n) is 42.4. The van der Waals surface area contributed by atoms with Crippen LogP contribution in [0.15, 0.2) is 170 Å². The van der Waals surface area contributed by atoms with Crippen LogP contribution in [0.4, 0.5) is 30.7 Å². The van der Waals surface area contributed by atoms with Gasteiger partial charge >= 0.3 is 88.4 Å². The fourth-order valence-electron chi connectivity index (χ4n) is 9.67. The van der Waals surface area contributed by atoms with E-state index in [2.05, 4.69) is 19.8 Å². The average molecular weight is 2160 g/mol. The van der Waals surface area contributed by atoms with E-state index in [1.165, 1.54) is 149 Å². The molecule has 6 N–H and O–H groups in total. The molecule has 7 aromatic rings. The summed E-state index contributed by atoms with van der Waals surface area (Å²) in [5, 5.41) is 40.7. The smallest absolute Gasteiger partial charge is 1.00 e. The summed E-state index contributed by atoms with van der Waals surface area (Å²) in [6.45, 7) is 21.4. The second kappa shape index (κ2) is 106. The van der Waals surface area contributed by atoms with Gasteiger partial charge in [-0.05, 0) is 273 Å². The van der Waals surface area contributed by atoms with Gasteiger partial charge in [-0.1, -0.05) is 100 Å². The Morgan fingerprint density at radius 1 is 0.558 bits per heavy atom. The Balaban J connectivity index is -0.000000104. The number of nitrogens with one attached hydrogen (secondary N) is 1. The number of halogens is 9. The number of Topliss-reactive ketones (excluding diaryl/α,β-unsaturated/α-hetero) is 2. The second-order valence-electron chi connectivity index (χ2n) is 26.9. The monoisotopic (exact) mass is 2150 g/mol. The van der Waals surface area contributed by atoms with E-state index < -0.39 is 40.7 Å². The van der Waals surface area contributed by atoms with Crippen LogP contribution in [0.3, 0.4) is 0 Å². The third kappa shape index (κ3) is 101. The zero-order valence-corrected chi connectivity index (χ0v) is 89.5. The SMILES string of the molecule is C.C1CCOC1.C1CCOC1.CC(=O)CCc1cccc(F)c1.CC(=O)OC(C)CCc1cccc(F)c1.CC(O)CCc1cccc(F)c1.CCO.CCOC(=O)C(=O)c1ccc(CCC(C)OC(C)=O)cc1F.CCOC(=O)CC(=O)Cl.CNOC.CO.CON(C)C(=O)CCc1cccc(F)c1.O=C(O)/C=C/c1cccc(F)c1.O=C(O)CCc1cccc(F)c1.[2H]CC.[B].[Br-].[CH3-].[CH3-].[H-].[Mg+2].[Na+].[Pd]. The Kier molecular flexibility index (Phi) is 120. The summed E-state index contributed by atoms with van der Waals surface area (Å²) in [6.07, 6.45) is 12.6. The van der Waals surface area contributed by atoms with Gasteiger partial charge in [0.25, 0.3) is 5.78 Å². The molecule has 3 unspecified atom stereocenters. The fourth-order valence-corrected chi connectivity index (χ4v) is 9.78. The maximum absolute atomic E-state index is 13.9. The molecule has 7 aromatic carbocycles. The van der Waals surface area contributed by atoms with Crippen molar-refractivity contribution in [1.82, 2.24) is 10.5 Å². The number of carbonyl (C=O) groups excluding carboxylic acids is 8. The number of aliphatic hydroxyl groups excluding tert-OH is 3. The van der Waals surface area contributed by atoms with Crippen LogP contribution in [-0.2, 0) is 140 Å². The molecule has 3 radical (unpaired) electrons. The zero-order valence-electron chi connectivity index (χ0n) is 84.2. The Morgan fingerprint density at radius 3 is 1.16 bits per heavy atom. The van der Waals surface area contributed by atoms with Crippen molar-refractivity contribution in [2.75, 3.05) is 81.7 Å². The molecule has 3 atom stereocenters. The molecule has 2 aliphatic heterocycles. The minimum absolute atomic E-state index is 0. The average Bonchev–Trinajstić information content (AvgIpc) is 1.22. The molecule has 9 rings (SSSR count). The number of benzene rings is 7. The van der Waals surface area contributed by atoms with Crippen LogP contribution in [0.25, 0.3) is 6.08 Å². The Morgan fingerprint density at radius 2 is 0.884 bits per heavy atom. The number of rotatable bonds is 30. The molecule has 38 heteroatoms. The van der Waals surface area contributed by atoms with E-state index in [-0.39, 0.29) is 237 Å². The summed E-state index contributed by atoms with van der Waals surface area (Å²) in [5.41, 5.74) is 7.59. The van der Waals surface area contributed by atoms with E-state index in [0.717, 1.165) is 73.9 Å².